The number of nitrogen functional groups attached to an aromatic ring is 2. The van der Waals surface area contributed by atoms with Gasteiger partial charge < -0.3 is 22.9 Å². The quantitative estimate of drug-likeness (QED) is 0.105. The number of anilines is 3. The third-order valence-electron chi connectivity index (χ3n) is 5.12. The van der Waals surface area contributed by atoms with E-state index in [0.717, 1.165) is 5.56 Å². The Hall–Kier alpha value is -4.40. The summed E-state index contributed by atoms with van der Waals surface area (Å²) in [4.78, 5) is 8.11. The van der Waals surface area contributed by atoms with Crippen molar-refractivity contribution in [1.29, 1.82) is 0 Å². The molecular weight excluding hydrogens is 651 g/mol. The summed E-state index contributed by atoms with van der Waals surface area (Å²) in [6, 6.07) is 19.4. The first-order chi connectivity index (χ1) is 20.4. The number of rotatable bonds is 7. The molecule has 12 N–H and O–H groups in total. The Labute approximate surface area is 261 Å². The zero-order chi connectivity index (χ0) is 33.1. The van der Waals surface area contributed by atoms with Gasteiger partial charge in [0.25, 0.3) is 20.0 Å². The van der Waals surface area contributed by atoms with Crippen LogP contribution in [0.15, 0.2) is 99.7 Å². The van der Waals surface area contributed by atoms with Crippen molar-refractivity contribution in [3.05, 3.63) is 96.3 Å². The summed E-state index contributed by atoms with van der Waals surface area (Å²) in [7, 11) is -10.9. The van der Waals surface area contributed by atoms with E-state index >= 15 is 0 Å². The van der Waals surface area contributed by atoms with Crippen LogP contribution in [0, 0.1) is 6.92 Å². The maximum absolute atomic E-state index is 12.0. The predicted molar refractivity (Wildman–Crippen MR) is 172 cm³/mol. The molecule has 0 unspecified atom stereocenters. The smallest absolute Gasteiger partial charge is 0.264 e. The maximum Gasteiger partial charge on any atom is 0.264 e. The Bertz CT molecular complexity index is 1890. The van der Waals surface area contributed by atoms with Crippen LogP contribution in [0.5, 0.6) is 0 Å². The number of aromatic nitrogens is 2. The molecule has 1 heterocycles. The highest BCUT2D eigenvalue weighted by Gasteiger charge is 2.15. The van der Waals surface area contributed by atoms with Crippen LogP contribution in [0.3, 0.4) is 0 Å². The molecule has 0 amide bonds. The van der Waals surface area contributed by atoms with Crippen molar-refractivity contribution < 1.29 is 25.3 Å². The molecule has 0 atom stereocenters. The molecule has 0 radical (unpaired) electrons. The lowest BCUT2D eigenvalue weighted by molar-refractivity contribution is 0.592. The van der Waals surface area contributed by atoms with Crippen molar-refractivity contribution in [3.8, 4) is 0 Å². The molecule has 0 aliphatic rings. The number of sulfonamides is 3. The molecule has 0 bridgehead atoms. The Balaban J connectivity index is 0.000000236. The minimum absolute atomic E-state index is 0.0480. The Kier molecular flexibility index (Phi) is 12.5. The first-order valence-electron chi connectivity index (χ1n) is 12.1. The second kappa shape index (κ2) is 15.4. The van der Waals surface area contributed by atoms with Crippen LogP contribution < -0.4 is 37.5 Å². The number of thiocarbonyl (C=S) groups is 1. The number of hydrogen-bond donors (Lipinski definition) is 7. The predicted octanol–water partition coefficient (Wildman–Crippen LogP) is 0.751. The SMILES string of the molecule is Cc1ccnc(NS(=O)(=O)c2ccc(N)cc2)n1.NC(=S)NS(=O)(=O)c1ccc(N)cc1.NCc1ccc(S(N)(=O)=O)cc1. The lowest BCUT2D eigenvalue weighted by Crippen LogP contribution is -2.34. The standard InChI is InChI=1S/C11H12N4O2S.C7H9N3O2S2.C7H10N2O2S/c1-8-6-7-13-11(14-8)15-18(16,17)10-4-2-9(12)3-5-10;8-5-1-3-6(4-2-5)14(11,12)10-7(9)13;8-5-6-1-3-7(4-2-6)12(9,10)11/h2-7H,12H2,1H3,(H,13,14,15);1-4H,8H2,(H3,9,10,13);1-4H,5,8H2,(H2,9,10,11). The van der Waals surface area contributed by atoms with Gasteiger partial charge in [-0.2, -0.15) is 0 Å². The largest absolute Gasteiger partial charge is 0.399 e. The molecule has 15 nitrogen and oxygen atoms in total. The van der Waals surface area contributed by atoms with Crippen molar-refractivity contribution >= 4 is 64.7 Å². The van der Waals surface area contributed by atoms with E-state index in [4.69, 9.17) is 28.1 Å². The van der Waals surface area contributed by atoms with E-state index in [1.54, 1.807) is 25.1 Å². The van der Waals surface area contributed by atoms with E-state index in [1.165, 1.54) is 66.9 Å². The molecule has 0 saturated heterocycles. The van der Waals surface area contributed by atoms with Crippen LogP contribution in [0.25, 0.3) is 0 Å². The highest BCUT2D eigenvalue weighted by molar-refractivity contribution is 7.92. The van der Waals surface area contributed by atoms with Gasteiger partial charge >= 0.3 is 0 Å². The summed E-state index contributed by atoms with van der Waals surface area (Å²) in [6.07, 6.45) is 1.49. The van der Waals surface area contributed by atoms with Crippen LogP contribution in [0.1, 0.15) is 11.3 Å². The fraction of sp³-hybridized carbons (Fsp3) is 0.0800. The van der Waals surface area contributed by atoms with Crippen molar-refractivity contribution in [2.24, 2.45) is 16.6 Å². The van der Waals surface area contributed by atoms with Gasteiger partial charge in [0.1, 0.15) is 0 Å². The molecule has 0 spiro atoms. The fourth-order valence-electron chi connectivity index (χ4n) is 2.98. The lowest BCUT2D eigenvalue weighted by Gasteiger charge is -2.06. The monoisotopic (exact) mass is 681 g/mol. The van der Waals surface area contributed by atoms with Crippen LogP contribution in [0.4, 0.5) is 17.3 Å². The molecule has 3 aromatic carbocycles. The average Bonchev–Trinajstić information content (AvgIpc) is 2.93. The van der Waals surface area contributed by atoms with Crippen molar-refractivity contribution in [2.75, 3.05) is 16.2 Å². The summed E-state index contributed by atoms with van der Waals surface area (Å²) >= 11 is 4.43. The van der Waals surface area contributed by atoms with Gasteiger partial charge in [0.15, 0.2) is 5.11 Å². The summed E-state index contributed by atoms with van der Waals surface area (Å²) in [5, 5.41) is 4.60. The van der Waals surface area contributed by atoms with Gasteiger partial charge in [-0.05, 0) is 91.4 Å². The molecule has 4 rings (SSSR count). The van der Waals surface area contributed by atoms with Crippen LogP contribution in [0.2, 0.25) is 0 Å². The van der Waals surface area contributed by atoms with Crippen LogP contribution in [-0.4, -0.2) is 40.3 Å². The number of nitrogens with zero attached hydrogens (tertiary/aromatic N) is 2. The summed E-state index contributed by atoms with van der Waals surface area (Å²) < 4.78 is 72.7. The zero-order valence-corrected chi connectivity index (χ0v) is 26.4. The van der Waals surface area contributed by atoms with Crippen LogP contribution >= 0.6 is 12.2 Å². The fourth-order valence-corrected chi connectivity index (χ4v) is 5.65. The minimum Gasteiger partial charge on any atom is -0.399 e. The van der Waals surface area contributed by atoms with Gasteiger partial charge in [-0.1, -0.05) is 12.1 Å². The van der Waals surface area contributed by atoms with Gasteiger partial charge in [0.2, 0.25) is 16.0 Å². The Morgan fingerprint density at radius 2 is 1.20 bits per heavy atom. The number of primary sulfonamides is 1. The molecule has 1 aromatic heterocycles. The minimum atomic E-state index is -3.68. The normalized spacial score (nSPS) is 11.2. The third-order valence-corrected chi connectivity index (χ3v) is 9.01. The van der Waals surface area contributed by atoms with E-state index in [-0.39, 0.29) is 25.7 Å². The van der Waals surface area contributed by atoms with Gasteiger partial charge in [0, 0.05) is 29.8 Å². The van der Waals surface area contributed by atoms with E-state index < -0.39 is 30.1 Å². The second-order valence-corrected chi connectivity index (χ2v) is 14.0. The molecule has 0 saturated carbocycles. The van der Waals surface area contributed by atoms with Gasteiger partial charge in [-0.25, -0.2) is 45.1 Å². The lowest BCUT2D eigenvalue weighted by atomic mass is 10.2. The van der Waals surface area contributed by atoms with Gasteiger partial charge in [-0.15, -0.1) is 0 Å². The van der Waals surface area contributed by atoms with Crippen molar-refractivity contribution in [3.63, 3.8) is 0 Å². The number of benzene rings is 3. The molecule has 236 valence electrons. The molecular formula is C25H31N9O6S4. The first-order valence-corrected chi connectivity index (χ1v) is 17.0. The van der Waals surface area contributed by atoms with Gasteiger partial charge in [-0.3, -0.25) is 4.72 Å². The topological polar surface area (TPSA) is 282 Å². The van der Waals surface area contributed by atoms with E-state index in [9.17, 15) is 25.3 Å². The second-order valence-electron chi connectivity index (χ2n) is 8.63. The van der Waals surface area contributed by atoms with Crippen molar-refractivity contribution in [1.82, 2.24) is 14.7 Å². The van der Waals surface area contributed by atoms with Gasteiger partial charge in [0.05, 0.1) is 14.7 Å². The van der Waals surface area contributed by atoms with Crippen LogP contribution in [-0.2, 0) is 36.6 Å². The number of aryl methyl sites for hydroxylation is 1. The molecule has 0 aliphatic carbocycles. The maximum atomic E-state index is 12.0. The third kappa shape index (κ3) is 11.7. The molecule has 0 aliphatic heterocycles. The van der Waals surface area contributed by atoms with Crippen molar-refractivity contribution in [2.45, 2.75) is 28.2 Å². The summed E-state index contributed by atoms with van der Waals surface area (Å²) in [5.74, 6) is 0.0480. The summed E-state index contributed by atoms with van der Waals surface area (Å²) in [6.45, 7) is 2.15. The van der Waals surface area contributed by atoms with E-state index in [1.807, 2.05) is 4.72 Å². The average molecular weight is 682 g/mol. The molecule has 44 heavy (non-hydrogen) atoms. The summed E-state index contributed by atoms with van der Waals surface area (Å²) in [5.41, 5.74) is 23.8. The van der Waals surface area contributed by atoms with E-state index in [2.05, 4.69) is 26.9 Å². The zero-order valence-electron chi connectivity index (χ0n) is 23.2. The Morgan fingerprint density at radius 3 is 1.61 bits per heavy atom. The molecule has 4 aromatic rings. The first kappa shape index (κ1) is 35.8. The number of hydrogen-bond acceptors (Lipinski definition) is 12. The highest BCUT2D eigenvalue weighted by atomic mass is 32.2. The highest BCUT2D eigenvalue weighted by Crippen LogP contribution is 2.15. The number of nitrogens with two attached hydrogens (primary N) is 5. The molecule has 0 fully saturated rings. The Morgan fingerprint density at radius 1 is 0.750 bits per heavy atom. The molecule has 19 heteroatoms. The number of nitrogens with one attached hydrogen (secondary N) is 2. The van der Waals surface area contributed by atoms with E-state index in [0.29, 0.717) is 23.6 Å².